The van der Waals surface area contributed by atoms with Crippen LogP contribution in [0.2, 0.25) is 0 Å². The molecule has 7 heteroatoms. The number of carbonyl (C=O) groups excluding carboxylic acids is 2. The van der Waals surface area contributed by atoms with Crippen LogP contribution in [0.5, 0.6) is 5.75 Å². The molecule has 1 aliphatic carbocycles. The summed E-state index contributed by atoms with van der Waals surface area (Å²) in [4.78, 5) is 29.5. The first-order valence-electron chi connectivity index (χ1n) is 12.9. The second-order valence-electron chi connectivity index (χ2n) is 10.0. The van der Waals surface area contributed by atoms with Gasteiger partial charge in [0.25, 0.3) is 5.91 Å². The number of furan rings is 1. The van der Waals surface area contributed by atoms with Crippen molar-refractivity contribution in [1.82, 2.24) is 14.8 Å². The Hall–Kier alpha value is -3.22. The number of nitrogens with zero attached hydrogens (tertiary/aromatic N) is 2. The van der Waals surface area contributed by atoms with Crippen LogP contribution in [0.3, 0.4) is 0 Å². The van der Waals surface area contributed by atoms with Gasteiger partial charge < -0.3 is 23.9 Å². The predicted octanol–water partition coefficient (Wildman–Crippen LogP) is 5.28. The van der Waals surface area contributed by atoms with E-state index >= 15 is 0 Å². The lowest BCUT2D eigenvalue weighted by molar-refractivity contribution is -0.134. The topological polar surface area (TPSA) is 76.7 Å². The fourth-order valence-electron chi connectivity index (χ4n) is 5.50. The van der Waals surface area contributed by atoms with E-state index in [9.17, 15) is 9.59 Å². The fourth-order valence-corrected chi connectivity index (χ4v) is 5.50. The van der Waals surface area contributed by atoms with Crippen LogP contribution in [-0.4, -0.2) is 39.5 Å². The molecular weight excluding hydrogens is 442 g/mol. The highest BCUT2D eigenvalue weighted by Crippen LogP contribution is 2.34. The molecule has 1 atom stereocenters. The van der Waals surface area contributed by atoms with Crippen molar-refractivity contribution in [3.63, 3.8) is 0 Å². The van der Waals surface area contributed by atoms with Gasteiger partial charge in [-0.15, -0.1) is 0 Å². The van der Waals surface area contributed by atoms with Gasteiger partial charge in [0.1, 0.15) is 17.0 Å². The van der Waals surface area contributed by atoms with Gasteiger partial charge in [0.2, 0.25) is 5.91 Å². The number of carbonyl (C=O) groups is 2. The zero-order valence-electron chi connectivity index (χ0n) is 20.7. The summed E-state index contributed by atoms with van der Waals surface area (Å²) >= 11 is 0. The molecule has 1 saturated carbocycles. The van der Waals surface area contributed by atoms with Gasteiger partial charge in [-0.3, -0.25) is 9.59 Å². The summed E-state index contributed by atoms with van der Waals surface area (Å²) in [5.41, 5.74) is 1.99. The van der Waals surface area contributed by atoms with Crippen LogP contribution < -0.4 is 10.1 Å². The first-order valence-corrected chi connectivity index (χ1v) is 12.9. The SMILES string of the molecule is CCOc1ccc(CN2C(=O)c3cc4occc4n3CC2(C)C(=O)NC2CCCCCCC2)cc1. The highest BCUT2D eigenvalue weighted by molar-refractivity contribution is 6.02. The Kier molecular flexibility index (Phi) is 6.58. The Bertz CT molecular complexity index is 1190. The molecule has 1 aromatic carbocycles. The first kappa shape index (κ1) is 23.5. The molecule has 35 heavy (non-hydrogen) atoms. The van der Waals surface area contributed by atoms with Crippen molar-refractivity contribution < 1.29 is 18.7 Å². The van der Waals surface area contributed by atoms with Gasteiger partial charge in [0.05, 0.1) is 24.9 Å². The minimum Gasteiger partial charge on any atom is -0.494 e. The Morgan fingerprint density at radius 2 is 1.83 bits per heavy atom. The van der Waals surface area contributed by atoms with Crippen molar-refractivity contribution >= 4 is 22.9 Å². The average Bonchev–Trinajstić information content (AvgIpc) is 3.42. The third-order valence-electron chi connectivity index (χ3n) is 7.55. The van der Waals surface area contributed by atoms with E-state index in [0.29, 0.717) is 31.0 Å². The summed E-state index contributed by atoms with van der Waals surface area (Å²) in [6.07, 6.45) is 9.60. The van der Waals surface area contributed by atoms with Crippen molar-refractivity contribution in [3.05, 3.63) is 53.9 Å². The van der Waals surface area contributed by atoms with Crippen LogP contribution in [0.1, 0.15) is 74.8 Å². The second-order valence-corrected chi connectivity index (χ2v) is 10.0. The lowest BCUT2D eigenvalue weighted by atomic mass is 9.91. The minimum atomic E-state index is -1.03. The van der Waals surface area contributed by atoms with Gasteiger partial charge in [-0.1, -0.05) is 44.2 Å². The normalized spacial score (nSPS) is 21.4. The van der Waals surface area contributed by atoms with E-state index in [1.165, 1.54) is 19.3 Å². The summed E-state index contributed by atoms with van der Waals surface area (Å²) in [7, 11) is 0. The maximum Gasteiger partial charge on any atom is 0.271 e. The number of hydrogen-bond donors (Lipinski definition) is 1. The molecule has 2 amide bonds. The molecule has 1 unspecified atom stereocenters. The lowest BCUT2D eigenvalue weighted by Crippen LogP contribution is -2.64. The van der Waals surface area contributed by atoms with Crippen LogP contribution in [0.25, 0.3) is 11.1 Å². The van der Waals surface area contributed by atoms with E-state index in [2.05, 4.69) is 5.32 Å². The molecule has 0 radical (unpaired) electrons. The number of hydrogen-bond acceptors (Lipinski definition) is 4. The van der Waals surface area contributed by atoms with E-state index in [1.54, 1.807) is 17.2 Å². The van der Waals surface area contributed by atoms with Gasteiger partial charge >= 0.3 is 0 Å². The van der Waals surface area contributed by atoms with Crippen molar-refractivity contribution in [2.45, 2.75) is 83.5 Å². The molecular formula is C28H35N3O4. The van der Waals surface area contributed by atoms with Crippen LogP contribution in [0, 0.1) is 0 Å². The molecule has 2 aliphatic rings. The van der Waals surface area contributed by atoms with E-state index in [-0.39, 0.29) is 17.9 Å². The standard InChI is InChI=1S/C28H35N3O4/c1-3-34-22-13-11-20(12-14-22)18-31-26(32)24-17-25-23(15-16-35-25)30(24)19-28(31,2)27(33)29-21-9-7-5-4-6-8-10-21/h11-17,21H,3-10,18-19H2,1-2H3,(H,29,33). The van der Waals surface area contributed by atoms with Crippen molar-refractivity contribution in [2.75, 3.05) is 6.61 Å². The molecule has 5 rings (SSSR count). The van der Waals surface area contributed by atoms with Crippen molar-refractivity contribution in [2.24, 2.45) is 0 Å². The van der Waals surface area contributed by atoms with Crippen LogP contribution in [0.4, 0.5) is 0 Å². The fraction of sp³-hybridized carbons (Fsp3) is 0.500. The Morgan fingerprint density at radius 1 is 1.11 bits per heavy atom. The highest BCUT2D eigenvalue weighted by Gasteiger charge is 2.48. The number of nitrogens with one attached hydrogen (secondary N) is 1. The summed E-state index contributed by atoms with van der Waals surface area (Å²) in [5, 5.41) is 3.33. The molecule has 2 aromatic heterocycles. The molecule has 1 aliphatic heterocycles. The lowest BCUT2D eigenvalue weighted by Gasteiger charge is -2.44. The average molecular weight is 478 g/mol. The summed E-state index contributed by atoms with van der Waals surface area (Å²) in [6.45, 7) is 5.17. The molecule has 1 N–H and O–H groups in total. The maximum atomic E-state index is 13.9. The molecule has 3 heterocycles. The summed E-state index contributed by atoms with van der Waals surface area (Å²) < 4.78 is 13.1. The smallest absolute Gasteiger partial charge is 0.271 e. The number of amides is 2. The first-order chi connectivity index (χ1) is 17.0. The van der Waals surface area contributed by atoms with Gasteiger partial charge in [-0.2, -0.15) is 0 Å². The Labute approximate surface area is 206 Å². The van der Waals surface area contributed by atoms with Crippen LogP contribution in [0.15, 0.2) is 47.1 Å². The highest BCUT2D eigenvalue weighted by atomic mass is 16.5. The second kappa shape index (κ2) is 9.80. The molecule has 7 nitrogen and oxygen atoms in total. The molecule has 3 aromatic rings. The molecule has 186 valence electrons. The Balaban J connectivity index is 1.46. The molecule has 0 saturated heterocycles. The molecule has 1 fully saturated rings. The van der Waals surface area contributed by atoms with Crippen molar-refractivity contribution in [3.8, 4) is 5.75 Å². The number of aromatic nitrogens is 1. The minimum absolute atomic E-state index is 0.0849. The number of fused-ring (bicyclic) bond motifs is 3. The number of benzene rings is 1. The van der Waals surface area contributed by atoms with Crippen LogP contribution >= 0.6 is 0 Å². The van der Waals surface area contributed by atoms with Crippen LogP contribution in [-0.2, 0) is 17.9 Å². The monoisotopic (exact) mass is 477 g/mol. The van der Waals surface area contributed by atoms with Gasteiger partial charge in [-0.05, 0) is 44.4 Å². The van der Waals surface area contributed by atoms with Gasteiger partial charge in [-0.25, -0.2) is 0 Å². The van der Waals surface area contributed by atoms with E-state index in [0.717, 1.165) is 42.5 Å². The predicted molar refractivity (Wildman–Crippen MR) is 134 cm³/mol. The third kappa shape index (κ3) is 4.56. The summed E-state index contributed by atoms with van der Waals surface area (Å²) in [6, 6.07) is 11.6. The molecule has 0 bridgehead atoms. The zero-order valence-corrected chi connectivity index (χ0v) is 20.7. The quantitative estimate of drug-likeness (QED) is 0.524. The van der Waals surface area contributed by atoms with E-state index in [1.807, 2.05) is 48.7 Å². The maximum absolute atomic E-state index is 13.9. The largest absolute Gasteiger partial charge is 0.494 e. The number of ether oxygens (including phenoxy) is 1. The van der Waals surface area contributed by atoms with E-state index < -0.39 is 5.54 Å². The Morgan fingerprint density at radius 3 is 2.54 bits per heavy atom. The molecule has 0 spiro atoms. The van der Waals surface area contributed by atoms with Crippen molar-refractivity contribution in [1.29, 1.82) is 0 Å². The zero-order chi connectivity index (χ0) is 24.4. The van der Waals surface area contributed by atoms with Gasteiger partial charge in [0, 0.05) is 24.7 Å². The third-order valence-corrected chi connectivity index (χ3v) is 7.55. The summed E-state index contributed by atoms with van der Waals surface area (Å²) in [5.74, 6) is 0.547. The number of rotatable bonds is 6. The van der Waals surface area contributed by atoms with E-state index in [4.69, 9.17) is 9.15 Å². The van der Waals surface area contributed by atoms with Gasteiger partial charge in [0.15, 0.2) is 5.58 Å².